The second-order valence-corrected chi connectivity index (χ2v) is 6.20. The highest BCUT2D eigenvalue weighted by Gasteiger charge is 2.07. The number of pyridine rings is 1. The molecule has 0 amide bonds. The summed E-state index contributed by atoms with van der Waals surface area (Å²) in [6, 6.07) is 4.17. The lowest BCUT2D eigenvalue weighted by atomic mass is 10.2. The van der Waals surface area contributed by atoms with E-state index in [0.717, 1.165) is 33.4 Å². The van der Waals surface area contributed by atoms with E-state index in [0.29, 0.717) is 0 Å². The van der Waals surface area contributed by atoms with Gasteiger partial charge >= 0.3 is 0 Å². The number of rotatable bonds is 3. The molecule has 0 unspecified atom stereocenters. The summed E-state index contributed by atoms with van der Waals surface area (Å²) >= 11 is 5.27. The van der Waals surface area contributed by atoms with E-state index < -0.39 is 0 Å². The van der Waals surface area contributed by atoms with Crippen molar-refractivity contribution in [2.24, 2.45) is 7.05 Å². The van der Waals surface area contributed by atoms with Gasteiger partial charge in [0.05, 0.1) is 24.1 Å². The highest BCUT2D eigenvalue weighted by Crippen LogP contribution is 2.24. The fourth-order valence-corrected chi connectivity index (χ4v) is 3.47. The first-order valence-electron chi connectivity index (χ1n) is 5.90. The quantitative estimate of drug-likeness (QED) is 0.792. The first-order valence-corrected chi connectivity index (χ1v) is 7.57. The van der Waals surface area contributed by atoms with Gasteiger partial charge in [-0.2, -0.15) is 5.10 Å². The van der Waals surface area contributed by atoms with Crippen LogP contribution in [-0.4, -0.2) is 14.8 Å². The highest BCUT2D eigenvalue weighted by molar-refractivity contribution is 9.10. The van der Waals surface area contributed by atoms with E-state index in [1.807, 2.05) is 24.9 Å². The molecule has 1 N–H and O–H groups in total. The van der Waals surface area contributed by atoms with E-state index >= 15 is 0 Å². The van der Waals surface area contributed by atoms with Gasteiger partial charge in [0.25, 0.3) is 0 Å². The normalized spacial score (nSPS) is 11.1. The van der Waals surface area contributed by atoms with E-state index in [1.165, 1.54) is 4.88 Å². The first-order chi connectivity index (χ1) is 9.15. The number of nitrogens with one attached hydrogen (secondary N) is 1. The second kappa shape index (κ2) is 4.94. The minimum atomic E-state index is 0.796. The van der Waals surface area contributed by atoms with Gasteiger partial charge in [-0.15, -0.1) is 11.3 Å². The smallest absolute Gasteiger partial charge is 0.157 e. The largest absolute Gasteiger partial charge is 0.379 e. The topological polar surface area (TPSA) is 42.7 Å². The fourth-order valence-electron chi connectivity index (χ4n) is 2.04. The highest BCUT2D eigenvalue weighted by atomic mass is 79.9. The summed E-state index contributed by atoms with van der Waals surface area (Å²) < 4.78 is 2.96. The molecule has 0 aromatic carbocycles. The van der Waals surface area contributed by atoms with Crippen molar-refractivity contribution in [2.75, 3.05) is 5.32 Å². The molecule has 0 spiro atoms. The molecule has 98 valence electrons. The maximum absolute atomic E-state index is 4.45. The molecule has 0 radical (unpaired) electrons. The van der Waals surface area contributed by atoms with Gasteiger partial charge in [0.1, 0.15) is 0 Å². The third-order valence-corrected chi connectivity index (χ3v) is 4.93. The van der Waals surface area contributed by atoms with Crippen molar-refractivity contribution in [1.29, 1.82) is 0 Å². The summed E-state index contributed by atoms with van der Waals surface area (Å²) in [6.45, 7) is 2.80. The van der Waals surface area contributed by atoms with Crippen LogP contribution < -0.4 is 5.32 Å². The SMILES string of the molecule is Cc1nn(C)c2ncc(NCc3sccc3Br)cc12. The molecule has 3 rings (SSSR count). The Morgan fingerprint density at radius 2 is 2.32 bits per heavy atom. The van der Waals surface area contributed by atoms with E-state index in [-0.39, 0.29) is 0 Å². The Morgan fingerprint density at radius 1 is 1.47 bits per heavy atom. The minimum Gasteiger partial charge on any atom is -0.379 e. The van der Waals surface area contributed by atoms with Crippen molar-refractivity contribution in [1.82, 2.24) is 14.8 Å². The average Bonchev–Trinajstić information content (AvgIpc) is 2.92. The van der Waals surface area contributed by atoms with E-state index in [2.05, 4.69) is 48.8 Å². The fraction of sp³-hybridized carbons (Fsp3) is 0.231. The van der Waals surface area contributed by atoms with Gasteiger partial charge in [-0.05, 0) is 40.4 Å². The Balaban J connectivity index is 1.86. The predicted molar refractivity (Wildman–Crippen MR) is 82.6 cm³/mol. The number of aryl methyl sites for hydroxylation is 2. The van der Waals surface area contributed by atoms with Crippen molar-refractivity contribution in [3.8, 4) is 0 Å². The zero-order valence-corrected chi connectivity index (χ0v) is 13.0. The Bertz CT molecular complexity index is 731. The van der Waals surface area contributed by atoms with Gasteiger partial charge in [0.2, 0.25) is 0 Å². The molecule has 3 heterocycles. The van der Waals surface area contributed by atoms with Crippen molar-refractivity contribution in [3.63, 3.8) is 0 Å². The Kier molecular flexibility index (Phi) is 3.28. The van der Waals surface area contributed by atoms with Crippen LogP contribution >= 0.6 is 27.3 Å². The number of hydrogen-bond donors (Lipinski definition) is 1. The first kappa shape index (κ1) is 12.6. The molecule has 0 aliphatic rings. The average molecular weight is 337 g/mol. The molecule has 0 atom stereocenters. The number of thiophene rings is 1. The molecule has 0 aliphatic heterocycles. The minimum absolute atomic E-state index is 0.796. The van der Waals surface area contributed by atoms with Crippen LogP contribution in [-0.2, 0) is 13.6 Å². The molecule has 6 heteroatoms. The Morgan fingerprint density at radius 3 is 3.05 bits per heavy atom. The Labute approximate surface area is 123 Å². The molecule has 3 aromatic rings. The summed E-state index contributed by atoms with van der Waals surface area (Å²) in [5.41, 5.74) is 2.94. The van der Waals surface area contributed by atoms with Gasteiger partial charge in [-0.25, -0.2) is 4.98 Å². The standard InChI is InChI=1S/C13H13BrN4S/c1-8-10-5-9(6-16-13(10)18(2)17-8)15-7-12-11(14)3-4-19-12/h3-6,15H,7H2,1-2H3. The number of halogens is 1. The van der Waals surface area contributed by atoms with Crippen molar-refractivity contribution >= 4 is 44.0 Å². The lowest BCUT2D eigenvalue weighted by Gasteiger charge is -2.05. The number of aromatic nitrogens is 3. The number of fused-ring (bicyclic) bond motifs is 1. The van der Waals surface area contributed by atoms with Crippen LogP contribution in [0.5, 0.6) is 0 Å². The second-order valence-electron chi connectivity index (χ2n) is 4.35. The van der Waals surface area contributed by atoms with Gasteiger partial charge in [-0.3, -0.25) is 4.68 Å². The third kappa shape index (κ3) is 2.37. The van der Waals surface area contributed by atoms with Gasteiger partial charge in [0.15, 0.2) is 5.65 Å². The monoisotopic (exact) mass is 336 g/mol. The zero-order chi connectivity index (χ0) is 13.4. The third-order valence-electron chi connectivity index (χ3n) is 3.01. The lowest BCUT2D eigenvalue weighted by molar-refractivity contribution is 0.774. The van der Waals surface area contributed by atoms with Crippen LogP contribution in [0.4, 0.5) is 5.69 Å². The summed E-state index contributed by atoms with van der Waals surface area (Å²) in [6.07, 6.45) is 1.85. The van der Waals surface area contributed by atoms with Gasteiger partial charge < -0.3 is 5.32 Å². The number of hydrogen-bond acceptors (Lipinski definition) is 4. The van der Waals surface area contributed by atoms with Crippen LogP contribution in [0.2, 0.25) is 0 Å². The van der Waals surface area contributed by atoms with Crippen LogP contribution in [0, 0.1) is 6.92 Å². The van der Waals surface area contributed by atoms with E-state index in [9.17, 15) is 0 Å². The molecular formula is C13H13BrN4S. The maximum atomic E-state index is 4.45. The number of anilines is 1. The maximum Gasteiger partial charge on any atom is 0.157 e. The van der Waals surface area contributed by atoms with E-state index in [4.69, 9.17) is 0 Å². The van der Waals surface area contributed by atoms with Crippen LogP contribution in [0.3, 0.4) is 0 Å². The summed E-state index contributed by atoms with van der Waals surface area (Å²) in [5.74, 6) is 0. The molecule has 3 aromatic heterocycles. The molecule has 0 bridgehead atoms. The predicted octanol–water partition coefficient (Wildman–Crippen LogP) is 3.71. The lowest BCUT2D eigenvalue weighted by Crippen LogP contribution is -1.99. The Hall–Kier alpha value is -1.40. The zero-order valence-electron chi connectivity index (χ0n) is 10.6. The van der Waals surface area contributed by atoms with E-state index in [1.54, 1.807) is 11.3 Å². The summed E-state index contributed by atoms with van der Waals surface area (Å²) in [5, 5.41) is 10.9. The van der Waals surface area contributed by atoms with Crippen LogP contribution in [0.1, 0.15) is 10.6 Å². The molecule has 0 saturated heterocycles. The molecule has 0 saturated carbocycles. The molecule has 0 aliphatic carbocycles. The summed E-state index contributed by atoms with van der Waals surface area (Å²) in [7, 11) is 1.91. The van der Waals surface area contributed by atoms with Crippen molar-refractivity contribution in [2.45, 2.75) is 13.5 Å². The van der Waals surface area contributed by atoms with Gasteiger partial charge in [-0.1, -0.05) is 0 Å². The number of nitrogens with zero attached hydrogens (tertiary/aromatic N) is 3. The van der Waals surface area contributed by atoms with Crippen molar-refractivity contribution < 1.29 is 0 Å². The molecular weight excluding hydrogens is 324 g/mol. The van der Waals surface area contributed by atoms with Gasteiger partial charge in [0, 0.05) is 21.8 Å². The van der Waals surface area contributed by atoms with Crippen molar-refractivity contribution in [3.05, 3.63) is 38.8 Å². The molecule has 0 fully saturated rings. The van der Waals surface area contributed by atoms with Crippen LogP contribution in [0.25, 0.3) is 11.0 Å². The molecule has 4 nitrogen and oxygen atoms in total. The summed E-state index contributed by atoms with van der Waals surface area (Å²) in [4.78, 5) is 5.73. The van der Waals surface area contributed by atoms with Crippen LogP contribution in [0.15, 0.2) is 28.2 Å². The molecule has 19 heavy (non-hydrogen) atoms.